The fraction of sp³-hybridized carbons (Fsp3) is 0.333. The minimum atomic E-state index is -3.42. The summed E-state index contributed by atoms with van der Waals surface area (Å²) >= 11 is 5.94. The molecule has 5 nitrogen and oxygen atoms in total. The highest BCUT2D eigenvalue weighted by Crippen LogP contribution is 2.22. The Bertz CT molecular complexity index is 688. The van der Waals surface area contributed by atoms with E-state index in [9.17, 15) is 8.42 Å². The maximum atomic E-state index is 11.8. The van der Waals surface area contributed by atoms with E-state index < -0.39 is 10.0 Å². The average molecular weight is 300 g/mol. The van der Waals surface area contributed by atoms with Crippen molar-refractivity contribution in [3.05, 3.63) is 29.4 Å². The Morgan fingerprint density at radius 3 is 2.47 bits per heavy atom. The molecule has 102 valence electrons. The van der Waals surface area contributed by atoms with Gasteiger partial charge in [-0.05, 0) is 18.6 Å². The van der Waals surface area contributed by atoms with Gasteiger partial charge in [-0.3, -0.25) is 4.72 Å². The zero-order valence-electron chi connectivity index (χ0n) is 10.4. The van der Waals surface area contributed by atoms with Gasteiger partial charge in [0.2, 0.25) is 10.0 Å². The van der Waals surface area contributed by atoms with Crippen LogP contribution in [0.25, 0.3) is 11.0 Å². The van der Waals surface area contributed by atoms with Crippen LogP contribution in [0.1, 0.15) is 19.8 Å². The highest BCUT2D eigenvalue weighted by Gasteiger charge is 2.14. The first kappa shape index (κ1) is 14.0. The quantitative estimate of drug-likeness (QED) is 0.921. The van der Waals surface area contributed by atoms with E-state index >= 15 is 0 Å². The monoisotopic (exact) mass is 299 g/mol. The number of sulfonamides is 1. The number of anilines is 1. The van der Waals surface area contributed by atoms with Crippen LogP contribution in [0.2, 0.25) is 5.15 Å². The summed E-state index contributed by atoms with van der Waals surface area (Å²) in [5.41, 5.74) is 1.23. The second kappa shape index (κ2) is 5.71. The molecule has 19 heavy (non-hydrogen) atoms. The van der Waals surface area contributed by atoms with Crippen LogP contribution in [0.3, 0.4) is 0 Å². The van der Waals surface area contributed by atoms with Crippen LogP contribution in [0, 0.1) is 0 Å². The van der Waals surface area contributed by atoms with E-state index in [0.29, 0.717) is 17.5 Å². The van der Waals surface area contributed by atoms with Gasteiger partial charge in [0, 0.05) is 0 Å². The number of nitrogens with zero attached hydrogens (tertiary/aromatic N) is 2. The molecule has 0 saturated heterocycles. The second-order valence-corrected chi connectivity index (χ2v) is 6.33. The Labute approximate surface area is 117 Å². The molecule has 0 spiro atoms. The Morgan fingerprint density at radius 2 is 1.84 bits per heavy atom. The van der Waals surface area contributed by atoms with Crippen LogP contribution in [0.15, 0.2) is 24.3 Å². The summed E-state index contributed by atoms with van der Waals surface area (Å²) < 4.78 is 26.0. The van der Waals surface area contributed by atoms with Crippen LogP contribution in [-0.4, -0.2) is 24.1 Å². The SMILES string of the molecule is CCCCS(=O)(=O)Nc1nc2ccccc2nc1Cl. The van der Waals surface area contributed by atoms with Crippen LogP contribution in [-0.2, 0) is 10.0 Å². The molecular formula is C12H14ClN3O2S. The lowest BCUT2D eigenvalue weighted by atomic mass is 10.3. The van der Waals surface area contributed by atoms with Crippen molar-refractivity contribution in [1.82, 2.24) is 9.97 Å². The fourth-order valence-electron chi connectivity index (χ4n) is 1.58. The molecule has 7 heteroatoms. The Balaban J connectivity index is 2.32. The van der Waals surface area contributed by atoms with Crippen molar-refractivity contribution < 1.29 is 8.42 Å². The van der Waals surface area contributed by atoms with Crippen LogP contribution < -0.4 is 4.72 Å². The van der Waals surface area contributed by atoms with Crippen molar-refractivity contribution >= 4 is 38.5 Å². The lowest BCUT2D eigenvalue weighted by Gasteiger charge is -2.08. The molecule has 0 radical (unpaired) electrons. The normalized spacial score (nSPS) is 11.7. The Morgan fingerprint density at radius 1 is 1.21 bits per heavy atom. The van der Waals surface area contributed by atoms with Gasteiger partial charge in [-0.25, -0.2) is 18.4 Å². The third-order valence-corrected chi connectivity index (χ3v) is 4.14. The lowest BCUT2D eigenvalue weighted by Crippen LogP contribution is -2.18. The van der Waals surface area contributed by atoms with Gasteiger partial charge in [-0.2, -0.15) is 0 Å². The zero-order valence-corrected chi connectivity index (χ0v) is 12.0. The minimum Gasteiger partial charge on any atom is -0.265 e. The largest absolute Gasteiger partial charge is 0.265 e. The number of benzene rings is 1. The number of para-hydroxylation sites is 2. The molecule has 0 atom stereocenters. The molecule has 2 aromatic rings. The van der Waals surface area contributed by atoms with Gasteiger partial charge in [0.15, 0.2) is 11.0 Å². The average Bonchev–Trinajstić information content (AvgIpc) is 2.37. The minimum absolute atomic E-state index is 0.0499. The van der Waals surface area contributed by atoms with Gasteiger partial charge >= 0.3 is 0 Å². The van der Waals surface area contributed by atoms with Crippen molar-refractivity contribution in [3.63, 3.8) is 0 Å². The van der Waals surface area contributed by atoms with Crippen molar-refractivity contribution in [3.8, 4) is 0 Å². The van der Waals surface area contributed by atoms with Gasteiger partial charge < -0.3 is 0 Å². The standard InChI is InChI=1S/C12H14ClN3O2S/c1-2-3-8-19(17,18)16-12-11(13)14-9-6-4-5-7-10(9)15-12/h4-7H,2-3,8H2,1H3,(H,15,16). The van der Waals surface area contributed by atoms with Crippen molar-refractivity contribution in [2.24, 2.45) is 0 Å². The summed E-state index contributed by atoms with van der Waals surface area (Å²) in [6.07, 6.45) is 1.39. The van der Waals surface area contributed by atoms with Gasteiger partial charge in [-0.1, -0.05) is 37.1 Å². The lowest BCUT2D eigenvalue weighted by molar-refractivity contribution is 0.597. The first-order valence-electron chi connectivity index (χ1n) is 5.94. The van der Waals surface area contributed by atoms with Gasteiger partial charge in [0.05, 0.1) is 16.8 Å². The topological polar surface area (TPSA) is 72.0 Å². The highest BCUT2D eigenvalue weighted by atomic mass is 35.5. The van der Waals surface area contributed by atoms with E-state index in [1.165, 1.54) is 0 Å². The summed E-state index contributed by atoms with van der Waals surface area (Å²) in [7, 11) is -3.42. The number of halogens is 1. The zero-order chi connectivity index (χ0) is 13.9. The molecule has 0 aliphatic carbocycles. The maximum absolute atomic E-state index is 11.8. The summed E-state index contributed by atoms with van der Waals surface area (Å²) in [5, 5.41) is 0.0544. The number of fused-ring (bicyclic) bond motifs is 1. The van der Waals surface area contributed by atoms with Crippen LogP contribution in [0.4, 0.5) is 5.82 Å². The summed E-state index contributed by atoms with van der Waals surface area (Å²) in [6, 6.07) is 7.14. The second-order valence-electron chi connectivity index (χ2n) is 4.13. The Kier molecular flexibility index (Phi) is 4.21. The van der Waals surface area contributed by atoms with Crippen molar-refractivity contribution in [2.75, 3.05) is 10.5 Å². The molecule has 2 rings (SSSR count). The summed E-state index contributed by atoms with van der Waals surface area (Å²) in [5.74, 6) is 0.130. The molecule has 1 N–H and O–H groups in total. The first-order valence-corrected chi connectivity index (χ1v) is 7.97. The van der Waals surface area contributed by atoms with Crippen molar-refractivity contribution in [1.29, 1.82) is 0 Å². The fourth-order valence-corrected chi connectivity index (χ4v) is 3.02. The van der Waals surface area contributed by atoms with Crippen LogP contribution >= 0.6 is 11.6 Å². The summed E-state index contributed by atoms with van der Waals surface area (Å²) in [6.45, 7) is 1.93. The predicted octanol–water partition coefficient (Wildman–Crippen LogP) is 2.83. The Hall–Kier alpha value is -1.40. The molecule has 0 saturated carbocycles. The number of aromatic nitrogens is 2. The number of hydrogen-bond acceptors (Lipinski definition) is 4. The predicted molar refractivity (Wildman–Crippen MR) is 76.9 cm³/mol. The van der Waals surface area contributed by atoms with Crippen molar-refractivity contribution in [2.45, 2.75) is 19.8 Å². The third-order valence-electron chi connectivity index (χ3n) is 2.55. The van der Waals surface area contributed by atoms with E-state index in [1.807, 2.05) is 13.0 Å². The molecular weight excluding hydrogens is 286 g/mol. The highest BCUT2D eigenvalue weighted by molar-refractivity contribution is 7.92. The molecule has 0 aliphatic heterocycles. The molecule has 0 amide bonds. The maximum Gasteiger partial charge on any atom is 0.233 e. The molecule has 1 aromatic carbocycles. The number of hydrogen-bond donors (Lipinski definition) is 1. The number of unbranched alkanes of at least 4 members (excludes halogenated alkanes) is 1. The molecule has 0 bridgehead atoms. The summed E-state index contributed by atoms with van der Waals surface area (Å²) in [4.78, 5) is 8.30. The van der Waals surface area contributed by atoms with E-state index in [4.69, 9.17) is 11.6 Å². The van der Waals surface area contributed by atoms with Gasteiger partial charge in [0.25, 0.3) is 0 Å². The smallest absolute Gasteiger partial charge is 0.233 e. The van der Waals surface area contributed by atoms with E-state index in [1.54, 1.807) is 18.2 Å². The molecule has 0 fully saturated rings. The third kappa shape index (κ3) is 3.54. The van der Waals surface area contributed by atoms with Gasteiger partial charge in [-0.15, -0.1) is 0 Å². The molecule has 1 heterocycles. The molecule has 0 unspecified atom stereocenters. The first-order chi connectivity index (χ1) is 9.02. The van der Waals surface area contributed by atoms with Gasteiger partial charge in [0.1, 0.15) is 0 Å². The number of nitrogens with one attached hydrogen (secondary N) is 1. The van der Waals surface area contributed by atoms with E-state index in [0.717, 1.165) is 6.42 Å². The van der Waals surface area contributed by atoms with E-state index in [-0.39, 0.29) is 16.7 Å². The van der Waals surface area contributed by atoms with E-state index in [2.05, 4.69) is 14.7 Å². The van der Waals surface area contributed by atoms with Crippen LogP contribution in [0.5, 0.6) is 0 Å². The molecule has 1 aromatic heterocycles. The molecule has 0 aliphatic rings. The number of rotatable bonds is 5.